The van der Waals surface area contributed by atoms with E-state index in [2.05, 4.69) is 53.6 Å². The highest BCUT2D eigenvalue weighted by Gasteiger charge is 2.41. The van der Waals surface area contributed by atoms with Gasteiger partial charge < -0.3 is 10.6 Å². The summed E-state index contributed by atoms with van der Waals surface area (Å²) in [5.74, 6) is 0.823. The van der Waals surface area contributed by atoms with Crippen LogP contribution in [0.2, 0.25) is 0 Å². The van der Waals surface area contributed by atoms with E-state index in [1.807, 2.05) is 18.2 Å². The predicted octanol–water partition coefficient (Wildman–Crippen LogP) is 4.16. The zero-order valence-electron chi connectivity index (χ0n) is 18.2. The fraction of sp³-hybridized carbons (Fsp3) is 0.500. The van der Waals surface area contributed by atoms with Crippen LogP contribution in [0.25, 0.3) is 0 Å². The fourth-order valence-electron chi connectivity index (χ4n) is 5.90. The van der Waals surface area contributed by atoms with E-state index >= 15 is 0 Å². The van der Waals surface area contributed by atoms with Crippen molar-refractivity contribution in [1.82, 2.24) is 15.5 Å². The van der Waals surface area contributed by atoms with Crippen molar-refractivity contribution in [3.63, 3.8) is 0 Å². The average molecular weight is 404 g/mol. The maximum Gasteiger partial charge on any atom is 0.252 e. The first-order chi connectivity index (χ1) is 14.6. The van der Waals surface area contributed by atoms with Gasteiger partial charge in [0, 0.05) is 30.7 Å². The van der Waals surface area contributed by atoms with Gasteiger partial charge in [-0.05, 0) is 74.8 Å². The molecule has 4 atom stereocenters. The molecular weight excluding hydrogens is 370 g/mol. The smallest absolute Gasteiger partial charge is 0.252 e. The van der Waals surface area contributed by atoms with Gasteiger partial charge in [-0.25, -0.2) is 0 Å². The Kier molecular flexibility index (Phi) is 5.38. The summed E-state index contributed by atoms with van der Waals surface area (Å²) in [6.45, 7) is 7.60. The molecule has 0 radical (unpaired) electrons. The SMILES string of the molecule is Cc1cc2c(c(C(=O)N[C@H](C)c3ccccc3)c1)[C@H]1C[C@H]3NCCC[C@H]3CN1CC2. The number of nitrogens with one attached hydrogen (secondary N) is 2. The Morgan fingerprint density at radius 3 is 2.90 bits per heavy atom. The summed E-state index contributed by atoms with van der Waals surface area (Å²) in [7, 11) is 0. The van der Waals surface area contributed by atoms with E-state index in [0.29, 0.717) is 12.1 Å². The van der Waals surface area contributed by atoms with Crippen LogP contribution in [0.1, 0.15) is 70.9 Å². The van der Waals surface area contributed by atoms with Gasteiger partial charge in [0.15, 0.2) is 0 Å². The number of aryl methyl sites for hydroxylation is 1. The highest BCUT2D eigenvalue weighted by Crippen LogP contribution is 2.42. The van der Waals surface area contributed by atoms with Gasteiger partial charge >= 0.3 is 0 Å². The third-order valence-corrected chi connectivity index (χ3v) is 7.42. The number of nitrogens with zero attached hydrogens (tertiary/aromatic N) is 1. The van der Waals surface area contributed by atoms with Crippen molar-refractivity contribution in [1.29, 1.82) is 0 Å². The minimum Gasteiger partial charge on any atom is -0.346 e. The number of amides is 1. The van der Waals surface area contributed by atoms with Gasteiger partial charge in [-0.15, -0.1) is 0 Å². The van der Waals surface area contributed by atoms with Gasteiger partial charge in [0.2, 0.25) is 0 Å². The highest BCUT2D eigenvalue weighted by atomic mass is 16.1. The summed E-state index contributed by atoms with van der Waals surface area (Å²) >= 11 is 0. The highest BCUT2D eigenvalue weighted by molar-refractivity contribution is 5.96. The molecule has 2 aromatic rings. The third kappa shape index (κ3) is 3.67. The van der Waals surface area contributed by atoms with Crippen molar-refractivity contribution < 1.29 is 4.79 Å². The zero-order valence-corrected chi connectivity index (χ0v) is 18.2. The van der Waals surface area contributed by atoms with Gasteiger partial charge in [-0.1, -0.05) is 42.0 Å². The molecule has 3 heterocycles. The first kappa shape index (κ1) is 19.8. The summed E-state index contributed by atoms with van der Waals surface area (Å²) in [5, 5.41) is 7.04. The van der Waals surface area contributed by atoms with E-state index in [1.165, 1.54) is 29.5 Å². The molecule has 2 saturated heterocycles. The Balaban J connectivity index is 1.45. The third-order valence-electron chi connectivity index (χ3n) is 7.42. The molecule has 1 amide bonds. The Bertz CT molecular complexity index is 925. The standard InChI is InChI=1S/C26H33N3O/c1-17-13-20-10-12-29-16-21-9-6-11-27-23(21)15-24(29)25(20)22(14-17)26(30)28-18(2)19-7-4-3-5-8-19/h3-5,7-8,13-14,18,21,23-24,27H,6,9-12,15-16H2,1-2H3,(H,28,30)/t18-,21+,23-,24-/m1/s1. The molecule has 2 fully saturated rings. The first-order valence-electron chi connectivity index (χ1n) is 11.6. The molecule has 0 bridgehead atoms. The molecule has 0 unspecified atom stereocenters. The van der Waals surface area contributed by atoms with Crippen LogP contribution in [0.3, 0.4) is 0 Å². The maximum absolute atomic E-state index is 13.5. The lowest BCUT2D eigenvalue weighted by Gasteiger charge is -2.49. The lowest BCUT2D eigenvalue weighted by Crippen LogP contribution is -2.55. The van der Waals surface area contributed by atoms with Crippen LogP contribution >= 0.6 is 0 Å². The topological polar surface area (TPSA) is 44.4 Å². The van der Waals surface area contributed by atoms with Gasteiger partial charge in [-0.2, -0.15) is 0 Å². The van der Waals surface area contributed by atoms with Crippen molar-refractivity contribution in [2.24, 2.45) is 5.92 Å². The normalized spacial score (nSPS) is 26.8. The lowest BCUT2D eigenvalue weighted by atomic mass is 9.76. The summed E-state index contributed by atoms with van der Waals surface area (Å²) < 4.78 is 0. The molecule has 2 aromatic carbocycles. The molecule has 4 nitrogen and oxygen atoms in total. The molecule has 5 rings (SSSR count). The summed E-state index contributed by atoms with van der Waals surface area (Å²) in [6.07, 6.45) is 4.80. The second-order valence-electron chi connectivity index (χ2n) is 9.45. The maximum atomic E-state index is 13.5. The van der Waals surface area contributed by atoms with Gasteiger partial charge in [0.1, 0.15) is 0 Å². The van der Waals surface area contributed by atoms with Crippen LogP contribution in [-0.4, -0.2) is 36.5 Å². The number of fused-ring (bicyclic) bond motifs is 4. The summed E-state index contributed by atoms with van der Waals surface area (Å²) in [5.41, 5.74) is 5.88. The number of rotatable bonds is 3. The average Bonchev–Trinajstić information content (AvgIpc) is 2.77. The van der Waals surface area contributed by atoms with E-state index < -0.39 is 0 Å². The molecule has 3 aliphatic heterocycles. The molecule has 0 saturated carbocycles. The van der Waals surface area contributed by atoms with Crippen molar-refractivity contribution in [2.45, 2.75) is 57.7 Å². The number of hydrogen-bond acceptors (Lipinski definition) is 3. The fourth-order valence-corrected chi connectivity index (χ4v) is 5.90. The van der Waals surface area contributed by atoms with Crippen molar-refractivity contribution in [2.75, 3.05) is 19.6 Å². The molecule has 30 heavy (non-hydrogen) atoms. The van der Waals surface area contributed by atoms with Gasteiger partial charge in [0.05, 0.1) is 6.04 Å². The van der Waals surface area contributed by atoms with Crippen LogP contribution in [0.15, 0.2) is 42.5 Å². The Hall–Kier alpha value is -2.17. The van der Waals surface area contributed by atoms with Crippen molar-refractivity contribution in [3.05, 3.63) is 70.3 Å². The number of benzene rings is 2. The van der Waals surface area contributed by atoms with Crippen molar-refractivity contribution in [3.8, 4) is 0 Å². The largest absolute Gasteiger partial charge is 0.346 e. The predicted molar refractivity (Wildman–Crippen MR) is 121 cm³/mol. The van der Waals surface area contributed by atoms with Gasteiger partial charge in [-0.3, -0.25) is 9.69 Å². The van der Waals surface area contributed by atoms with Crippen LogP contribution < -0.4 is 10.6 Å². The molecule has 0 aromatic heterocycles. The molecule has 3 aliphatic rings. The van der Waals surface area contributed by atoms with Gasteiger partial charge in [0.25, 0.3) is 5.91 Å². The number of hydrogen-bond donors (Lipinski definition) is 2. The molecule has 4 heteroatoms. The van der Waals surface area contributed by atoms with Crippen LogP contribution in [0, 0.1) is 12.8 Å². The summed E-state index contributed by atoms with van der Waals surface area (Å²) in [6, 6.07) is 15.6. The van der Waals surface area contributed by atoms with E-state index in [1.54, 1.807) is 0 Å². The molecular formula is C26H33N3O. The first-order valence-corrected chi connectivity index (χ1v) is 11.6. The number of piperidine rings is 2. The Labute approximate surface area is 180 Å². The van der Waals surface area contributed by atoms with E-state index in [4.69, 9.17) is 0 Å². The number of carbonyl (C=O) groups is 1. The quantitative estimate of drug-likeness (QED) is 0.809. The van der Waals surface area contributed by atoms with E-state index in [9.17, 15) is 4.79 Å². The van der Waals surface area contributed by atoms with Crippen LogP contribution in [-0.2, 0) is 6.42 Å². The minimum absolute atomic E-state index is 0.00898. The van der Waals surface area contributed by atoms with Crippen molar-refractivity contribution >= 4 is 5.91 Å². The number of carbonyl (C=O) groups excluding carboxylic acids is 1. The minimum atomic E-state index is -0.00898. The second kappa shape index (κ2) is 8.16. The van der Waals surface area contributed by atoms with Crippen LogP contribution in [0.4, 0.5) is 0 Å². The zero-order chi connectivity index (χ0) is 20.7. The monoisotopic (exact) mass is 403 g/mol. The Morgan fingerprint density at radius 2 is 2.07 bits per heavy atom. The molecule has 2 N–H and O–H groups in total. The van der Waals surface area contributed by atoms with E-state index in [0.717, 1.165) is 49.5 Å². The molecule has 0 spiro atoms. The van der Waals surface area contributed by atoms with Crippen LogP contribution in [0.5, 0.6) is 0 Å². The molecule has 158 valence electrons. The summed E-state index contributed by atoms with van der Waals surface area (Å²) in [4.78, 5) is 16.1. The lowest BCUT2D eigenvalue weighted by molar-refractivity contribution is 0.0542. The van der Waals surface area contributed by atoms with E-state index in [-0.39, 0.29) is 11.9 Å². The molecule has 0 aliphatic carbocycles. The second-order valence-corrected chi connectivity index (χ2v) is 9.45. The Morgan fingerprint density at radius 1 is 1.23 bits per heavy atom.